The van der Waals surface area contributed by atoms with Gasteiger partial charge in [0.2, 0.25) is 0 Å². The van der Waals surface area contributed by atoms with Gasteiger partial charge in [-0.25, -0.2) is 4.79 Å². The first-order valence-electron chi connectivity index (χ1n) is 6.83. The predicted molar refractivity (Wildman–Crippen MR) is 85.7 cm³/mol. The number of para-hydroxylation sites is 1. The fourth-order valence-corrected chi connectivity index (χ4v) is 3.72. The average Bonchev–Trinajstić information content (AvgIpc) is 2.99. The summed E-state index contributed by atoms with van der Waals surface area (Å²) in [4.78, 5) is 17.8. The van der Waals surface area contributed by atoms with Gasteiger partial charge in [-0.05, 0) is 28.7 Å². The van der Waals surface area contributed by atoms with Crippen LogP contribution in [0.3, 0.4) is 0 Å². The van der Waals surface area contributed by atoms with Crippen molar-refractivity contribution < 1.29 is 24.2 Å². The standard InChI is InChI=1S/C15H16INO5/c1-8-12-11(7-18)22-17(13(12)15(19)21-8)6-9-4-3-5-10(16)14(9)20-2/h3-5,11-13,18H,1,6-7H2,2H3/t11-,12+,13-/m0/s1. The van der Waals surface area contributed by atoms with Gasteiger partial charge in [0.15, 0.2) is 0 Å². The maximum atomic E-state index is 12.0. The molecule has 0 spiro atoms. The lowest BCUT2D eigenvalue weighted by atomic mass is 9.96. The molecule has 22 heavy (non-hydrogen) atoms. The van der Waals surface area contributed by atoms with Crippen molar-refractivity contribution in [3.63, 3.8) is 0 Å². The van der Waals surface area contributed by atoms with Crippen molar-refractivity contribution in [2.45, 2.75) is 18.7 Å². The number of hydrogen-bond donors (Lipinski definition) is 1. The van der Waals surface area contributed by atoms with Gasteiger partial charge in [-0.3, -0.25) is 4.84 Å². The van der Waals surface area contributed by atoms with Gasteiger partial charge in [-0.2, -0.15) is 5.06 Å². The molecular weight excluding hydrogens is 401 g/mol. The van der Waals surface area contributed by atoms with Crippen molar-refractivity contribution in [2.24, 2.45) is 5.92 Å². The van der Waals surface area contributed by atoms with Crippen molar-refractivity contribution in [1.29, 1.82) is 0 Å². The molecule has 118 valence electrons. The van der Waals surface area contributed by atoms with Crippen LogP contribution in [0.1, 0.15) is 5.56 Å². The number of cyclic esters (lactones) is 1. The van der Waals surface area contributed by atoms with Gasteiger partial charge < -0.3 is 14.6 Å². The molecule has 2 fully saturated rings. The monoisotopic (exact) mass is 417 g/mol. The SMILES string of the molecule is C=C1OC(=O)[C@@H]2[C@H]1[C@H](CO)ON2Cc1cccc(I)c1OC. The number of hydroxylamine groups is 2. The van der Waals surface area contributed by atoms with E-state index in [4.69, 9.17) is 14.3 Å². The molecule has 0 saturated carbocycles. The minimum absolute atomic E-state index is 0.198. The van der Waals surface area contributed by atoms with Crippen LogP contribution in [-0.2, 0) is 20.9 Å². The van der Waals surface area contributed by atoms with Gasteiger partial charge in [0.25, 0.3) is 0 Å². The Morgan fingerprint density at radius 3 is 2.95 bits per heavy atom. The second-order valence-electron chi connectivity index (χ2n) is 5.19. The van der Waals surface area contributed by atoms with E-state index in [9.17, 15) is 9.90 Å². The Hall–Kier alpha value is -1.16. The molecule has 1 aromatic carbocycles. The molecule has 2 aliphatic rings. The zero-order chi connectivity index (χ0) is 15.9. The van der Waals surface area contributed by atoms with Crippen molar-refractivity contribution in [2.75, 3.05) is 13.7 Å². The van der Waals surface area contributed by atoms with Crippen LogP contribution in [0.5, 0.6) is 5.75 Å². The van der Waals surface area contributed by atoms with E-state index >= 15 is 0 Å². The minimum Gasteiger partial charge on any atom is -0.495 e. The summed E-state index contributed by atoms with van der Waals surface area (Å²) in [6.07, 6.45) is -0.516. The fourth-order valence-electron chi connectivity index (χ4n) is 2.95. The van der Waals surface area contributed by atoms with E-state index in [2.05, 4.69) is 29.2 Å². The third kappa shape index (κ3) is 2.51. The number of esters is 1. The van der Waals surface area contributed by atoms with Gasteiger partial charge in [0, 0.05) is 5.56 Å². The maximum absolute atomic E-state index is 12.0. The molecule has 6 nitrogen and oxygen atoms in total. The normalized spacial score (nSPS) is 27.9. The highest BCUT2D eigenvalue weighted by molar-refractivity contribution is 14.1. The molecule has 0 aromatic heterocycles. The number of carbonyl (C=O) groups excluding carboxylic acids is 1. The molecule has 0 unspecified atom stereocenters. The van der Waals surface area contributed by atoms with Crippen LogP contribution >= 0.6 is 22.6 Å². The Labute approximate surface area is 141 Å². The lowest BCUT2D eigenvalue weighted by Gasteiger charge is -2.21. The molecule has 7 heteroatoms. The van der Waals surface area contributed by atoms with Crippen molar-refractivity contribution in [3.8, 4) is 5.75 Å². The summed E-state index contributed by atoms with van der Waals surface area (Å²) in [5.74, 6) is 0.369. The highest BCUT2D eigenvalue weighted by Crippen LogP contribution is 2.40. The lowest BCUT2D eigenvalue weighted by Crippen LogP contribution is -2.34. The summed E-state index contributed by atoms with van der Waals surface area (Å²) in [6, 6.07) is 5.20. The van der Waals surface area contributed by atoms with E-state index in [-0.39, 0.29) is 12.5 Å². The molecule has 2 heterocycles. The summed E-state index contributed by atoms with van der Waals surface area (Å²) < 4.78 is 11.5. The van der Waals surface area contributed by atoms with Crippen LogP contribution in [0.2, 0.25) is 0 Å². The van der Waals surface area contributed by atoms with Gasteiger partial charge >= 0.3 is 5.97 Å². The Balaban J connectivity index is 1.88. The topological polar surface area (TPSA) is 68.2 Å². The number of aliphatic hydroxyl groups excluding tert-OH is 1. The number of aliphatic hydroxyl groups is 1. The van der Waals surface area contributed by atoms with Crippen LogP contribution in [-0.4, -0.2) is 42.0 Å². The Morgan fingerprint density at radius 2 is 2.27 bits per heavy atom. The van der Waals surface area contributed by atoms with Gasteiger partial charge in [-0.1, -0.05) is 18.7 Å². The van der Waals surface area contributed by atoms with Crippen LogP contribution < -0.4 is 4.74 Å². The Morgan fingerprint density at radius 1 is 1.50 bits per heavy atom. The number of benzene rings is 1. The first-order chi connectivity index (χ1) is 10.6. The van der Waals surface area contributed by atoms with E-state index in [0.717, 1.165) is 14.9 Å². The number of nitrogens with zero attached hydrogens (tertiary/aromatic N) is 1. The summed E-state index contributed by atoms with van der Waals surface area (Å²) in [7, 11) is 1.61. The van der Waals surface area contributed by atoms with Gasteiger partial charge in [0.1, 0.15) is 23.7 Å². The molecule has 0 amide bonds. The zero-order valence-electron chi connectivity index (χ0n) is 12.0. The van der Waals surface area contributed by atoms with Crippen molar-refractivity contribution >= 4 is 28.6 Å². The van der Waals surface area contributed by atoms with Gasteiger partial charge in [-0.15, -0.1) is 0 Å². The molecule has 1 aromatic rings. The third-order valence-corrected chi connectivity index (χ3v) is 4.77. The van der Waals surface area contributed by atoms with Crippen LogP contribution in [0.4, 0.5) is 0 Å². The van der Waals surface area contributed by atoms with Crippen molar-refractivity contribution in [1.82, 2.24) is 5.06 Å². The molecule has 2 saturated heterocycles. The number of carbonyl (C=O) groups is 1. The molecule has 0 bridgehead atoms. The molecule has 3 atom stereocenters. The van der Waals surface area contributed by atoms with E-state index in [1.807, 2.05) is 18.2 Å². The average molecular weight is 417 g/mol. The first kappa shape index (κ1) is 15.7. The predicted octanol–water partition coefficient (Wildman–Crippen LogP) is 1.46. The summed E-state index contributed by atoms with van der Waals surface area (Å²) >= 11 is 2.19. The van der Waals surface area contributed by atoms with Crippen LogP contribution in [0, 0.1) is 9.49 Å². The molecule has 0 radical (unpaired) electrons. The second-order valence-corrected chi connectivity index (χ2v) is 6.35. The smallest absolute Gasteiger partial charge is 0.331 e. The summed E-state index contributed by atoms with van der Waals surface area (Å²) in [6.45, 7) is 3.91. The summed E-state index contributed by atoms with van der Waals surface area (Å²) in [5, 5.41) is 11.0. The first-order valence-corrected chi connectivity index (χ1v) is 7.90. The molecule has 0 aliphatic carbocycles. The quantitative estimate of drug-likeness (QED) is 0.591. The van der Waals surface area contributed by atoms with Crippen LogP contribution in [0.25, 0.3) is 0 Å². The minimum atomic E-state index is -0.577. The highest BCUT2D eigenvalue weighted by atomic mass is 127. The molecular formula is C15H16INO5. The third-order valence-electron chi connectivity index (χ3n) is 3.93. The number of hydrogen-bond acceptors (Lipinski definition) is 6. The van der Waals surface area contributed by atoms with Crippen molar-refractivity contribution in [3.05, 3.63) is 39.7 Å². The Bertz CT molecular complexity index is 620. The fraction of sp³-hybridized carbons (Fsp3) is 0.400. The van der Waals surface area contributed by atoms with Crippen LogP contribution in [0.15, 0.2) is 30.5 Å². The number of ether oxygens (including phenoxy) is 2. The lowest BCUT2D eigenvalue weighted by molar-refractivity contribution is -0.190. The zero-order valence-corrected chi connectivity index (χ0v) is 14.1. The van der Waals surface area contributed by atoms with E-state index in [1.54, 1.807) is 12.2 Å². The number of methoxy groups -OCH3 is 1. The number of fused-ring (bicyclic) bond motifs is 1. The molecule has 1 N–H and O–H groups in total. The highest BCUT2D eigenvalue weighted by Gasteiger charge is 2.55. The Kier molecular flexibility index (Phi) is 4.40. The molecule has 2 aliphatic heterocycles. The maximum Gasteiger partial charge on any atom is 0.331 e. The van der Waals surface area contributed by atoms with Gasteiger partial charge in [0.05, 0.1) is 29.7 Å². The number of halogens is 1. The second kappa shape index (κ2) is 6.15. The van der Waals surface area contributed by atoms with E-state index in [0.29, 0.717) is 12.3 Å². The largest absolute Gasteiger partial charge is 0.495 e. The number of rotatable bonds is 4. The van der Waals surface area contributed by atoms with E-state index < -0.39 is 18.1 Å². The van der Waals surface area contributed by atoms with E-state index in [1.165, 1.54) is 0 Å². The summed E-state index contributed by atoms with van der Waals surface area (Å²) in [5.41, 5.74) is 0.900. The molecule has 3 rings (SSSR count).